The number of amides is 2. The molecule has 5 aliphatic carbocycles. The van der Waals surface area contributed by atoms with E-state index >= 15 is 0 Å². The number of likely N-dealkylation sites (tertiary alicyclic amines) is 1. The quantitative estimate of drug-likeness (QED) is 0.215. The monoisotopic (exact) mass is 755 g/mol. The molecule has 1 saturated heterocycles. The average molecular weight is 756 g/mol. The Labute approximate surface area is 316 Å². The van der Waals surface area contributed by atoms with E-state index in [0.717, 1.165) is 0 Å². The highest BCUT2D eigenvalue weighted by Gasteiger charge is 2.92. The van der Waals surface area contributed by atoms with E-state index in [1.54, 1.807) is 66.4 Å². The van der Waals surface area contributed by atoms with Crippen LogP contribution in [-0.4, -0.2) is 122 Å². The summed E-state index contributed by atoms with van der Waals surface area (Å²) >= 11 is 0. The number of carbonyl (C=O) groups is 4. The molecular weight excluding hydrogens is 698 g/mol. The van der Waals surface area contributed by atoms with Crippen molar-refractivity contribution in [2.24, 2.45) is 52.1 Å². The Balaban J connectivity index is 1.30. The van der Waals surface area contributed by atoms with Gasteiger partial charge in [-0.25, -0.2) is 4.79 Å². The van der Waals surface area contributed by atoms with Crippen LogP contribution in [0, 0.1) is 46.3 Å². The molecule has 14 nitrogen and oxygen atoms in total. The zero-order valence-electron chi connectivity index (χ0n) is 32.4. The smallest absolute Gasteiger partial charge is 0.340 e. The number of hydrogen-bond donors (Lipinski definition) is 4. The van der Waals surface area contributed by atoms with Gasteiger partial charge in [0.25, 0.3) is 0 Å². The fourth-order valence-corrected chi connectivity index (χ4v) is 12.8. The lowest BCUT2D eigenvalue weighted by Crippen LogP contribution is -2.82. The predicted octanol–water partition coefficient (Wildman–Crippen LogP) is 2.14. The number of ether oxygens (including phenoxy) is 5. The number of primary amides is 1. The third kappa shape index (κ3) is 5.19. The molecule has 1 spiro atoms. The number of nitrogens with one attached hydrogen (secondary N) is 1. The molecule has 14 heteroatoms. The molecule has 5 saturated carbocycles. The number of para-hydroxylation sites is 1. The summed E-state index contributed by atoms with van der Waals surface area (Å²) in [6.07, 6.45) is -0.568. The summed E-state index contributed by atoms with van der Waals surface area (Å²) in [6.45, 7) is 8.19. The van der Waals surface area contributed by atoms with Gasteiger partial charge in [-0.05, 0) is 43.9 Å². The lowest BCUT2D eigenvalue weighted by atomic mass is 9.42. The highest BCUT2D eigenvalue weighted by atomic mass is 16.6. The summed E-state index contributed by atoms with van der Waals surface area (Å²) in [5.41, 5.74) is 0.639. The summed E-state index contributed by atoms with van der Waals surface area (Å²) < 4.78 is 31.5. The van der Waals surface area contributed by atoms with Crippen LogP contribution >= 0.6 is 0 Å². The summed E-state index contributed by atoms with van der Waals surface area (Å²) in [6, 6.07) is 5.99. The van der Waals surface area contributed by atoms with E-state index in [4.69, 9.17) is 29.4 Å². The third-order valence-corrected chi connectivity index (χ3v) is 14.6. The highest BCUT2D eigenvalue weighted by Crippen LogP contribution is 2.80. The zero-order valence-corrected chi connectivity index (χ0v) is 32.4. The molecule has 0 aromatic heterocycles. The minimum atomic E-state index is -1.83. The van der Waals surface area contributed by atoms with Gasteiger partial charge in [0, 0.05) is 75.2 Å². The van der Waals surface area contributed by atoms with Crippen molar-refractivity contribution in [3.8, 4) is 0 Å². The number of likely N-dealkylation sites (N-methyl/N-ethyl adjacent to an activating group) is 1. The van der Waals surface area contributed by atoms with Crippen molar-refractivity contribution in [2.45, 2.75) is 101 Å². The Bertz CT molecular complexity index is 1670. The number of benzene rings is 1. The standard InChI is InChI=1S/C40H57N3O11/c1-8-43-18-37(19-53-35(47)22-11-9-10-12-25(22)42-33(45)21(4)15-28(41)44)14-13-27(51-6)39-24-16-23-26(50-5)17-38(48,29(24)30(23)54-34(46)20(2)3)40(49,36(39)43)32(52-7)31(37)39/h9-12,20-21,23-24,26-27,29-32,36,48-49H,8,13-19H2,1-7H3,(H2,41,44)(H,42,45). The molecule has 6 aliphatic rings. The van der Waals surface area contributed by atoms with Crippen molar-refractivity contribution in [2.75, 3.05) is 46.3 Å². The van der Waals surface area contributed by atoms with Gasteiger partial charge in [0.05, 0.1) is 48.1 Å². The Kier molecular flexibility index (Phi) is 10.00. The minimum absolute atomic E-state index is 0.0140. The molecule has 5 N–H and O–H groups in total. The van der Waals surface area contributed by atoms with Gasteiger partial charge in [0.1, 0.15) is 17.3 Å². The number of aliphatic hydroxyl groups is 2. The van der Waals surface area contributed by atoms with Crippen LogP contribution in [0.4, 0.5) is 5.69 Å². The Hall–Kier alpha value is -3.14. The Morgan fingerprint density at radius 2 is 1.78 bits per heavy atom. The van der Waals surface area contributed by atoms with Crippen molar-refractivity contribution in [3.05, 3.63) is 29.8 Å². The fraction of sp³-hybridized carbons (Fsp3) is 0.750. The van der Waals surface area contributed by atoms with Crippen molar-refractivity contribution >= 4 is 29.4 Å². The average Bonchev–Trinajstić information content (AvgIpc) is 3.53. The van der Waals surface area contributed by atoms with Crippen molar-refractivity contribution in [3.63, 3.8) is 0 Å². The maximum atomic E-state index is 14.1. The second-order valence-electron chi connectivity index (χ2n) is 17.2. The van der Waals surface area contributed by atoms with Crippen LogP contribution < -0.4 is 11.1 Å². The lowest BCUT2D eigenvalue weighted by molar-refractivity contribution is -0.319. The Morgan fingerprint density at radius 1 is 1.06 bits per heavy atom. The first-order valence-electron chi connectivity index (χ1n) is 19.4. The van der Waals surface area contributed by atoms with Gasteiger partial charge < -0.3 is 44.9 Å². The van der Waals surface area contributed by atoms with Crippen molar-refractivity contribution in [1.82, 2.24) is 4.90 Å². The SMILES string of the molecule is CCN1CC2(COC(=O)c3ccccc3NC(=O)C(C)CC(N)=O)CCC(OC)C34C5CC6C(OC)CC(O)(C5C6OC(=O)C(C)C)C(O)(C(OC)C23)C14. The number of methoxy groups -OCH3 is 3. The van der Waals surface area contributed by atoms with Crippen molar-refractivity contribution in [1.29, 1.82) is 0 Å². The van der Waals surface area contributed by atoms with Crippen molar-refractivity contribution < 1.29 is 53.1 Å². The maximum absolute atomic E-state index is 14.1. The number of carbonyl (C=O) groups excluding carboxylic acids is 4. The van der Waals surface area contributed by atoms with Crippen LogP contribution in [-0.2, 0) is 38.1 Å². The second-order valence-corrected chi connectivity index (χ2v) is 17.2. The van der Waals surface area contributed by atoms with Crippen LogP contribution in [0.1, 0.15) is 70.2 Å². The molecule has 1 aliphatic heterocycles. The number of nitrogens with two attached hydrogens (primary N) is 1. The largest absolute Gasteiger partial charge is 0.461 e. The maximum Gasteiger partial charge on any atom is 0.340 e. The summed E-state index contributed by atoms with van der Waals surface area (Å²) in [5, 5.41) is 29.7. The van der Waals surface area contributed by atoms with E-state index in [1.807, 2.05) is 6.92 Å². The number of anilines is 1. The summed E-state index contributed by atoms with van der Waals surface area (Å²) in [4.78, 5) is 54.0. The molecule has 6 fully saturated rings. The van der Waals surface area contributed by atoms with Gasteiger partial charge in [-0.2, -0.15) is 0 Å². The van der Waals surface area contributed by atoms with E-state index in [2.05, 4.69) is 10.2 Å². The fourth-order valence-electron chi connectivity index (χ4n) is 12.8. The van der Waals surface area contributed by atoms with Crippen LogP contribution in [0.25, 0.3) is 0 Å². The summed E-state index contributed by atoms with van der Waals surface area (Å²) in [5.74, 6) is -4.62. The molecule has 14 unspecified atom stereocenters. The molecule has 298 valence electrons. The Morgan fingerprint density at radius 3 is 2.41 bits per heavy atom. The molecule has 1 heterocycles. The number of fused-ring (bicyclic) bond motifs is 2. The summed E-state index contributed by atoms with van der Waals surface area (Å²) in [7, 11) is 4.87. The van der Waals surface area contributed by atoms with Gasteiger partial charge >= 0.3 is 11.9 Å². The number of esters is 2. The molecule has 1 aromatic rings. The third-order valence-electron chi connectivity index (χ3n) is 14.6. The van der Waals surface area contributed by atoms with E-state index < -0.39 is 81.9 Å². The molecule has 14 atom stereocenters. The first kappa shape index (κ1) is 39.1. The van der Waals surface area contributed by atoms with Crippen LogP contribution in [0.2, 0.25) is 0 Å². The molecule has 54 heavy (non-hydrogen) atoms. The number of rotatable bonds is 13. The van der Waals surface area contributed by atoms with Crippen LogP contribution in [0.5, 0.6) is 0 Å². The van der Waals surface area contributed by atoms with Gasteiger partial charge in [0.2, 0.25) is 11.8 Å². The van der Waals surface area contributed by atoms with Gasteiger partial charge in [0.15, 0.2) is 0 Å². The van der Waals surface area contributed by atoms with E-state index in [1.165, 1.54) is 0 Å². The van der Waals surface area contributed by atoms with E-state index in [9.17, 15) is 29.4 Å². The van der Waals surface area contributed by atoms with Crippen LogP contribution in [0.15, 0.2) is 24.3 Å². The van der Waals surface area contributed by atoms with E-state index in [0.29, 0.717) is 32.4 Å². The number of hydrogen-bond acceptors (Lipinski definition) is 12. The molecular formula is C40H57N3O11. The normalized spacial score (nSPS) is 42.0. The van der Waals surface area contributed by atoms with Gasteiger partial charge in [-0.15, -0.1) is 0 Å². The highest BCUT2D eigenvalue weighted by molar-refractivity contribution is 6.02. The molecule has 2 amide bonds. The molecule has 0 radical (unpaired) electrons. The predicted molar refractivity (Wildman–Crippen MR) is 194 cm³/mol. The molecule has 7 rings (SSSR count). The van der Waals surface area contributed by atoms with E-state index in [-0.39, 0.29) is 60.5 Å². The van der Waals surface area contributed by atoms with Gasteiger partial charge in [-0.3, -0.25) is 19.3 Å². The lowest BCUT2D eigenvalue weighted by Gasteiger charge is -2.70. The van der Waals surface area contributed by atoms with Gasteiger partial charge in [-0.1, -0.05) is 39.8 Å². The number of nitrogens with zero attached hydrogens (tertiary/aromatic N) is 1. The molecule has 1 aromatic carbocycles. The second kappa shape index (κ2) is 13.8. The van der Waals surface area contributed by atoms with Crippen LogP contribution in [0.3, 0.4) is 0 Å². The zero-order chi connectivity index (χ0) is 39.1. The first-order chi connectivity index (χ1) is 25.6. The topological polar surface area (TPSA) is 196 Å². The molecule has 7 bridgehead atoms. The first-order valence-corrected chi connectivity index (χ1v) is 19.4. The number of piperidine rings is 1. The minimum Gasteiger partial charge on any atom is -0.461 e.